The molecule has 0 aliphatic heterocycles. The van der Waals surface area contributed by atoms with Gasteiger partial charge in [-0.15, -0.1) is 0 Å². The first-order valence-electron chi connectivity index (χ1n) is 7.36. The minimum Gasteiger partial charge on any atom is -0.473 e. The summed E-state index contributed by atoms with van der Waals surface area (Å²) in [6.07, 6.45) is 3.55. The van der Waals surface area contributed by atoms with E-state index in [4.69, 9.17) is 26.4 Å². The Balaban J connectivity index is 2.06. The van der Waals surface area contributed by atoms with E-state index in [1.54, 1.807) is 6.92 Å². The summed E-state index contributed by atoms with van der Waals surface area (Å²) >= 11 is 4.79. The molecule has 0 saturated heterocycles. The van der Waals surface area contributed by atoms with E-state index in [0.717, 1.165) is 31.7 Å². The van der Waals surface area contributed by atoms with E-state index >= 15 is 0 Å². The van der Waals surface area contributed by atoms with Gasteiger partial charge in [0.15, 0.2) is 11.6 Å². The molecule has 7 nitrogen and oxygen atoms in total. The molecule has 0 fully saturated rings. The van der Waals surface area contributed by atoms with Crippen molar-refractivity contribution in [1.82, 2.24) is 9.97 Å². The summed E-state index contributed by atoms with van der Waals surface area (Å²) in [7, 11) is 0. The van der Waals surface area contributed by atoms with Crippen molar-refractivity contribution in [2.75, 3.05) is 20.0 Å². The molecule has 1 aromatic heterocycles. The van der Waals surface area contributed by atoms with E-state index < -0.39 is 11.5 Å². The lowest BCUT2D eigenvalue weighted by atomic mass is 10.2. The Morgan fingerprint density at radius 2 is 1.87 bits per heavy atom. The third-order valence-electron chi connectivity index (χ3n) is 2.79. The number of ether oxygens (including phenoxy) is 3. The third kappa shape index (κ3) is 8.94. The van der Waals surface area contributed by atoms with Crippen molar-refractivity contribution in [2.24, 2.45) is 0 Å². The normalized spacial score (nSPS) is 10.3. The van der Waals surface area contributed by atoms with Gasteiger partial charge in [0.2, 0.25) is 0 Å². The van der Waals surface area contributed by atoms with Crippen molar-refractivity contribution in [3.05, 3.63) is 39.2 Å². The van der Waals surface area contributed by atoms with Gasteiger partial charge in [-0.2, -0.15) is 0 Å². The molecule has 2 N–H and O–H groups in total. The minimum atomic E-state index is -0.581. The van der Waals surface area contributed by atoms with Crippen molar-refractivity contribution in [2.45, 2.75) is 32.6 Å². The van der Waals surface area contributed by atoms with Crippen LogP contribution in [0, 0.1) is 4.77 Å². The molecular weight excluding hydrogens is 320 g/mol. The van der Waals surface area contributed by atoms with Gasteiger partial charge in [0.25, 0.3) is 5.56 Å². The van der Waals surface area contributed by atoms with Gasteiger partial charge in [-0.1, -0.05) is 13.0 Å². The Bertz CT molecular complexity index is 595. The number of carbonyl (C=O) groups excluding carboxylic acids is 1. The fraction of sp³-hybridized carbons (Fsp3) is 0.533. The van der Waals surface area contributed by atoms with Crippen molar-refractivity contribution >= 4 is 18.2 Å². The van der Waals surface area contributed by atoms with Crippen LogP contribution >= 0.6 is 12.2 Å². The molecule has 0 unspecified atom stereocenters. The van der Waals surface area contributed by atoms with E-state index in [0.29, 0.717) is 19.0 Å². The van der Waals surface area contributed by atoms with Gasteiger partial charge in [-0.25, -0.2) is 4.79 Å². The van der Waals surface area contributed by atoms with E-state index in [2.05, 4.69) is 16.5 Å². The monoisotopic (exact) mass is 342 g/mol. The number of unbranched alkanes of at least 4 members (excludes halogenated alkanes) is 3. The van der Waals surface area contributed by atoms with Crippen molar-refractivity contribution in [1.29, 1.82) is 0 Å². The highest BCUT2D eigenvalue weighted by molar-refractivity contribution is 7.71. The van der Waals surface area contributed by atoms with E-state index in [1.807, 2.05) is 0 Å². The van der Waals surface area contributed by atoms with E-state index in [1.165, 1.54) is 0 Å². The number of hydrogen-bond acceptors (Lipinski definition) is 6. The van der Waals surface area contributed by atoms with Crippen LogP contribution in [0.4, 0.5) is 0 Å². The smallest absolute Gasteiger partial charge is 0.355 e. The zero-order valence-corrected chi connectivity index (χ0v) is 14.0. The first kappa shape index (κ1) is 19.1. The number of hydrogen-bond donors (Lipinski definition) is 2. The molecule has 1 heterocycles. The van der Waals surface area contributed by atoms with Gasteiger partial charge >= 0.3 is 5.97 Å². The Hall–Kier alpha value is -1.93. The molecule has 0 aromatic carbocycles. The minimum absolute atomic E-state index is 0.0599. The van der Waals surface area contributed by atoms with Crippen molar-refractivity contribution in [3.63, 3.8) is 0 Å². The lowest BCUT2D eigenvalue weighted by molar-refractivity contribution is -0.0234. The van der Waals surface area contributed by atoms with Gasteiger partial charge < -0.3 is 19.2 Å². The number of carbonyl (C=O) groups is 1. The summed E-state index contributed by atoms with van der Waals surface area (Å²) in [5.74, 6) is 0.0510. The molecule has 0 radical (unpaired) electrons. The largest absolute Gasteiger partial charge is 0.473 e. The molecule has 0 aliphatic rings. The molecule has 1 aromatic rings. The van der Waals surface area contributed by atoms with Crippen molar-refractivity contribution in [3.8, 4) is 0 Å². The number of aromatic amines is 2. The second-order valence-electron chi connectivity index (χ2n) is 4.92. The van der Waals surface area contributed by atoms with Crippen LogP contribution in [0.15, 0.2) is 23.2 Å². The fourth-order valence-corrected chi connectivity index (χ4v) is 1.89. The molecule has 0 bridgehead atoms. The number of rotatable bonds is 11. The van der Waals surface area contributed by atoms with E-state index in [9.17, 15) is 9.59 Å². The lowest BCUT2D eigenvalue weighted by Crippen LogP contribution is -2.15. The average molecular weight is 342 g/mol. The highest BCUT2D eigenvalue weighted by Gasteiger charge is 2.08. The van der Waals surface area contributed by atoms with Crippen molar-refractivity contribution < 1.29 is 19.0 Å². The summed E-state index contributed by atoms with van der Waals surface area (Å²) < 4.78 is 15.5. The predicted molar refractivity (Wildman–Crippen MR) is 87.7 cm³/mol. The van der Waals surface area contributed by atoms with Gasteiger partial charge in [-0.3, -0.25) is 9.78 Å². The van der Waals surface area contributed by atoms with E-state index in [-0.39, 0.29) is 17.3 Å². The van der Waals surface area contributed by atoms with Crippen LogP contribution in [0.3, 0.4) is 0 Å². The maximum absolute atomic E-state index is 11.7. The van der Waals surface area contributed by atoms with Crippen LogP contribution in [-0.4, -0.2) is 35.9 Å². The van der Waals surface area contributed by atoms with Crippen LogP contribution in [0.1, 0.15) is 43.1 Å². The Kier molecular flexibility index (Phi) is 8.93. The van der Waals surface area contributed by atoms with Gasteiger partial charge in [0.05, 0.1) is 19.0 Å². The molecule has 8 heteroatoms. The highest BCUT2D eigenvalue weighted by atomic mass is 32.1. The third-order valence-corrected chi connectivity index (χ3v) is 2.99. The molecule has 0 amide bonds. The molecule has 0 atom stereocenters. The maximum atomic E-state index is 11.7. The quantitative estimate of drug-likeness (QED) is 0.211. The molecule has 1 rings (SSSR count). The summed E-state index contributed by atoms with van der Waals surface area (Å²) in [5, 5.41) is 0. The Labute approximate surface area is 139 Å². The van der Waals surface area contributed by atoms with Gasteiger partial charge in [0, 0.05) is 6.07 Å². The number of esters is 1. The first-order valence-corrected chi connectivity index (χ1v) is 7.76. The number of aromatic nitrogens is 2. The highest BCUT2D eigenvalue weighted by Crippen LogP contribution is 2.02. The molecule has 0 aliphatic carbocycles. The fourth-order valence-electron chi connectivity index (χ4n) is 1.68. The molecule has 128 valence electrons. The van der Waals surface area contributed by atoms with Crippen LogP contribution in [0.2, 0.25) is 0 Å². The lowest BCUT2D eigenvalue weighted by Gasteiger charge is -2.06. The second kappa shape index (κ2) is 10.7. The first-order chi connectivity index (χ1) is 11.0. The van der Waals surface area contributed by atoms with Crippen LogP contribution in [-0.2, 0) is 14.2 Å². The SMILES string of the molecule is C=C(C)OCOCCCCCCOC(=O)c1cc(=O)[nH]c(=S)[nH]1. The maximum Gasteiger partial charge on any atom is 0.355 e. The summed E-state index contributed by atoms with van der Waals surface area (Å²) in [4.78, 5) is 27.9. The van der Waals surface area contributed by atoms with Gasteiger partial charge in [0.1, 0.15) is 5.69 Å². The van der Waals surface area contributed by atoms with Crippen LogP contribution in [0.25, 0.3) is 0 Å². The molecule has 23 heavy (non-hydrogen) atoms. The molecule has 0 saturated carbocycles. The molecular formula is C15H22N2O5S. The Morgan fingerprint density at radius 1 is 1.17 bits per heavy atom. The summed E-state index contributed by atoms with van der Waals surface area (Å²) in [6, 6.07) is 1.13. The van der Waals surface area contributed by atoms with Crippen LogP contribution < -0.4 is 5.56 Å². The number of allylic oxidation sites excluding steroid dienone is 1. The number of H-pyrrole nitrogens is 2. The predicted octanol–water partition coefficient (Wildman–Crippen LogP) is 2.67. The second-order valence-corrected chi connectivity index (χ2v) is 5.33. The molecule has 0 spiro atoms. The van der Waals surface area contributed by atoms with Crippen LogP contribution in [0.5, 0.6) is 0 Å². The summed E-state index contributed by atoms with van der Waals surface area (Å²) in [6.45, 7) is 6.51. The summed E-state index contributed by atoms with van der Waals surface area (Å²) in [5.41, 5.74) is -0.374. The van der Waals surface area contributed by atoms with Gasteiger partial charge in [-0.05, 0) is 38.4 Å². The Morgan fingerprint density at radius 3 is 2.52 bits per heavy atom. The average Bonchev–Trinajstić information content (AvgIpc) is 2.47. The number of nitrogens with one attached hydrogen (secondary N) is 2. The zero-order chi connectivity index (χ0) is 17.1. The standard InChI is InChI=1S/C15H22N2O5S/c1-11(2)22-10-20-7-5-3-4-6-8-21-14(19)12-9-13(18)17-15(23)16-12/h9H,1,3-8,10H2,2H3,(H2,16,17,18,23). The topological polar surface area (TPSA) is 93.4 Å². The zero-order valence-electron chi connectivity index (χ0n) is 13.2.